The highest BCUT2D eigenvalue weighted by Crippen LogP contribution is 2.20. The third-order valence-electron chi connectivity index (χ3n) is 5.79. The topological polar surface area (TPSA) is 143 Å². The van der Waals surface area contributed by atoms with Crippen molar-refractivity contribution in [2.24, 2.45) is 5.92 Å². The van der Waals surface area contributed by atoms with Crippen molar-refractivity contribution < 1.29 is 27.8 Å². The molecule has 0 spiro atoms. The predicted molar refractivity (Wildman–Crippen MR) is 131 cm³/mol. The molecule has 2 aromatic heterocycles. The molecule has 3 N–H and O–H groups in total. The lowest BCUT2D eigenvalue weighted by molar-refractivity contribution is -0.646. The van der Waals surface area contributed by atoms with Gasteiger partial charge in [0.05, 0.1) is 17.0 Å². The van der Waals surface area contributed by atoms with Gasteiger partial charge in [-0.05, 0) is 50.3 Å². The van der Waals surface area contributed by atoms with E-state index in [2.05, 4.69) is 10.6 Å². The monoisotopic (exact) mass is 524 g/mol. The van der Waals surface area contributed by atoms with Crippen LogP contribution in [0.15, 0.2) is 41.6 Å². The molecule has 0 bridgehead atoms. The van der Waals surface area contributed by atoms with Crippen LogP contribution in [0.5, 0.6) is 0 Å². The van der Waals surface area contributed by atoms with Gasteiger partial charge in [-0.2, -0.15) is 9.04 Å². The van der Waals surface area contributed by atoms with Crippen LogP contribution in [0.3, 0.4) is 0 Å². The zero-order valence-electron chi connectivity index (χ0n) is 20.0. The summed E-state index contributed by atoms with van der Waals surface area (Å²) in [5.41, 5.74) is 0. The first-order valence-corrected chi connectivity index (χ1v) is 13.8. The first kappa shape index (κ1) is 27.1. The van der Waals surface area contributed by atoms with Gasteiger partial charge in [0.2, 0.25) is 5.91 Å². The van der Waals surface area contributed by atoms with Crippen molar-refractivity contribution >= 4 is 33.2 Å². The number of aliphatic hydroxyl groups excluding tert-OH is 1. The second kappa shape index (κ2) is 11.5. The van der Waals surface area contributed by atoms with Crippen molar-refractivity contribution in [1.29, 1.82) is 0 Å². The Morgan fingerprint density at radius 3 is 2.66 bits per heavy atom. The van der Waals surface area contributed by atoms with Crippen LogP contribution in [-0.4, -0.2) is 60.9 Å². The number of aliphatic hydroxyl groups is 1. The van der Waals surface area contributed by atoms with Crippen LogP contribution < -0.4 is 15.4 Å². The van der Waals surface area contributed by atoms with Crippen molar-refractivity contribution in [2.45, 2.75) is 63.2 Å². The molecule has 1 saturated heterocycles. The second-order valence-electron chi connectivity index (χ2n) is 9.12. The highest BCUT2D eigenvalue weighted by atomic mass is 32.2. The van der Waals surface area contributed by atoms with E-state index >= 15 is 0 Å². The van der Waals surface area contributed by atoms with E-state index in [1.54, 1.807) is 6.07 Å². The summed E-state index contributed by atoms with van der Waals surface area (Å²) in [4.78, 5) is 27.3. The predicted octanol–water partition coefficient (Wildman–Crippen LogP) is 1.16. The molecule has 0 radical (unpaired) electrons. The minimum Gasteiger partial charge on any atom is -0.618 e. The minimum atomic E-state index is -4.12. The lowest BCUT2D eigenvalue weighted by Gasteiger charge is -2.27. The third kappa shape index (κ3) is 6.78. The fourth-order valence-electron chi connectivity index (χ4n) is 4.01. The number of carbonyl (C=O) groups excluding carboxylic acids is 2. The van der Waals surface area contributed by atoms with Crippen molar-refractivity contribution in [1.82, 2.24) is 14.9 Å². The SMILES string of the molecule is Cc1ccc(C(=O)NC(CC(C)C)C(=O)NC2CCCN(S(=O)(=O)c3cccc[n+]3[O-])C[C@@H]2O)s1. The van der Waals surface area contributed by atoms with Crippen LogP contribution in [0.4, 0.5) is 0 Å². The molecule has 2 unspecified atom stereocenters. The number of hydrogen-bond acceptors (Lipinski definition) is 7. The molecule has 2 amide bonds. The Morgan fingerprint density at radius 1 is 1.29 bits per heavy atom. The van der Waals surface area contributed by atoms with Gasteiger partial charge in [0, 0.05) is 30.1 Å². The molecule has 3 atom stereocenters. The number of thiophene rings is 1. The van der Waals surface area contributed by atoms with E-state index in [4.69, 9.17) is 0 Å². The van der Waals surface area contributed by atoms with E-state index < -0.39 is 39.1 Å². The lowest BCUT2D eigenvalue weighted by atomic mass is 10.0. The Balaban J connectivity index is 1.69. The molecule has 10 nitrogen and oxygen atoms in total. The van der Waals surface area contributed by atoms with Gasteiger partial charge in [0.15, 0.2) is 6.20 Å². The van der Waals surface area contributed by atoms with E-state index in [-0.39, 0.29) is 29.6 Å². The number of nitrogens with one attached hydrogen (secondary N) is 2. The Morgan fingerprint density at radius 2 is 2.03 bits per heavy atom. The average molecular weight is 525 g/mol. The van der Waals surface area contributed by atoms with E-state index in [1.807, 2.05) is 26.8 Å². The third-order valence-corrected chi connectivity index (χ3v) is 8.65. The van der Waals surface area contributed by atoms with Crippen LogP contribution in [0.25, 0.3) is 0 Å². The fraction of sp³-hybridized carbons (Fsp3) is 0.522. The van der Waals surface area contributed by atoms with Crippen LogP contribution in [0.1, 0.15) is 47.7 Å². The summed E-state index contributed by atoms with van der Waals surface area (Å²) in [5.74, 6) is -0.641. The molecule has 3 heterocycles. The molecule has 12 heteroatoms. The first-order valence-electron chi connectivity index (χ1n) is 11.5. The Hall–Kier alpha value is -2.54. The fourth-order valence-corrected chi connectivity index (χ4v) is 6.30. The zero-order chi connectivity index (χ0) is 25.8. The number of aryl methyl sites for hydroxylation is 1. The van der Waals surface area contributed by atoms with Crippen LogP contribution in [0.2, 0.25) is 0 Å². The van der Waals surface area contributed by atoms with Crippen LogP contribution in [-0.2, 0) is 14.8 Å². The number of sulfonamides is 1. The summed E-state index contributed by atoms with van der Waals surface area (Å²) in [7, 11) is -4.12. The van der Waals surface area contributed by atoms with E-state index in [1.165, 1.54) is 29.5 Å². The molecule has 2 aromatic rings. The van der Waals surface area contributed by atoms with Gasteiger partial charge in [-0.1, -0.05) is 13.8 Å². The molecule has 35 heavy (non-hydrogen) atoms. The number of β-amino-alcohol motifs (C(OH)–C–C–N with tert-alkyl or cyclic N) is 1. The van der Waals surface area contributed by atoms with Crippen molar-refractivity contribution in [3.05, 3.63) is 51.5 Å². The van der Waals surface area contributed by atoms with Crippen molar-refractivity contribution in [3.8, 4) is 0 Å². The van der Waals surface area contributed by atoms with Gasteiger partial charge < -0.3 is 20.9 Å². The summed E-state index contributed by atoms with van der Waals surface area (Å²) < 4.78 is 27.3. The van der Waals surface area contributed by atoms with Crippen molar-refractivity contribution in [3.63, 3.8) is 0 Å². The normalized spacial score (nSPS) is 20.3. The molecule has 192 valence electrons. The number of nitrogens with zero attached hydrogens (tertiary/aromatic N) is 2. The van der Waals surface area contributed by atoms with E-state index in [9.17, 15) is 28.3 Å². The maximum Gasteiger partial charge on any atom is 0.323 e. The quantitative estimate of drug-likeness (QED) is 0.349. The van der Waals surface area contributed by atoms with Crippen molar-refractivity contribution in [2.75, 3.05) is 13.1 Å². The minimum absolute atomic E-state index is 0.102. The molecule has 1 aliphatic heterocycles. The zero-order valence-corrected chi connectivity index (χ0v) is 21.6. The number of pyridine rings is 1. The highest BCUT2D eigenvalue weighted by molar-refractivity contribution is 7.88. The molecular formula is C23H32N4O6S2. The standard InChI is InChI=1S/C23H32N4O6S2/c1-15(2)13-18(25-23(30)20-10-9-16(3)34-20)22(29)24-17-7-6-11-26(14-19(17)28)35(32,33)21-8-4-5-12-27(21)31/h4-5,8-10,12,15,17-19,28H,6-7,11,13-14H2,1-3H3,(H,24,29)(H,25,30)/t17?,18?,19-/m0/s1. The van der Waals surface area contributed by atoms with Gasteiger partial charge in [-0.3, -0.25) is 9.59 Å². The number of amides is 2. The molecule has 0 aliphatic carbocycles. The van der Waals surface area contributed by atoms with Gasteiger partial charge in [0.1, 0.15) is 6.04 Å². The second-order valence-corrected chi connectivity index (χ2v) is 12.3. The molecule has 0 aromatic carbocycles. The summed E-state index contributed by atoms with van der Waals surface area (Å²) in [5, 5.41) is 28.0. The summed E-state index contributed by atoms with van der Waals surface area (Å²) in [6.45, 7) is 5.61. The molecule has 0 saturated carbocycles. The summed E-state index contributed by atoms with van der Waals surface area (Å²) in [6, 6.07) is 6.15. The Kier molecular flexibility index (Phi) is 8.86. The Labute approximate surface area is 209 Å². The van der Waals surface area contributed by atoms with E-state index in [0.717, 1.165) is 15.4 Å². The molecule has 3 rings (SSSR count). The Bertz CT molecular complexity index is 1150. The van der Waals surface area contributed by atoms with E-state index in [0.29, 0.717) is 24.1 Å². The number of aromatic nitrogens is 1. The van der Waals surface area contributed by atoms with Crippen LogP contribution >= 0.6 is 11.3 Å². The average Bonchev–Trinajstić information content (AvgIpc) is 3.14. The molecular weight excluding hydrogens is 492 g/mol. The molecule has 1 fully saturated rings. The molecule has 1 aliphatic rings. The van der Waals surface area contributed by atoms with Gasteiger partial charge in [-0.25, -0.2) is 8.42 Å². The number of carbonyl (C=O) groups is 2. The lowest BCUT2D eigenvalue weighted by Crippen LogP contribution is -2.54. The first-order chi connectivity index (χ1) is 16.5. The largest absolute Gasteiger partial charge is 0.618 e. The number of hydrogen-bond donors (Lipinski definition) is 3. The number of rotatable bonds is 8. The van der Waals surface area contributed by atoms with Gasteiger partial charge >= 0.3 is 15.0 Å². The smallest absolute Gasteiger partial charge is 0.323 e. The van der Waals surface area contributed by atoms with Gasteiger partial charge in [-0.15, -0.1) is 11.3 Å². The maximum atomic E-state index is 13.1. The highest BCUT2D eigenvalue weighted by Gasteiger charge is 2.37. The maximum absolute atomic E-state index is 13.1. The summed E-state index contributed by atoms with van der Waals surface area (Å²) >= 11 is 1.34. The van der Waals surface area contributed by atoms with Crippen LogP contribution in [0, 0.1) is 18.0 Å². The van der Waals surface area contributed by atoms with Gasteiger partial charge in [0.25, 0.3) is 5.91 Å². The summed E-state index contributed by atoms with van der Waals surface area (Å²) in [6.07, 6.45) is 1.05.